The van der Waals surface area contributed by atoms with Crippen LogP contribution in [0.3, 0.4) is 0 Å². The third-order valence-corrected chi connectivity index (χ3v) is 2.14. The molecule has 1 unspecified atom stereocenters. The lowest BCUT2D eigenvalue weighted by molar-refractivity contribution is 0.00446. The highest BCUT2D eigenvalue weighted by molar-refractivity contribution is 5.95. The van der Waals surface area contributed by atoms with Gasteiger partial charge in [-0.15, -0.1) is 0 Å². The van der Waals surface area contributed by atoms with Crippen LogP contribution in [-0.2, 0) is 9.47 Å². The van der Waals surface area contributed by atoms with Crippen LogP contribution in [0.1, 0.15) is 24.2 Å². The quantitative estimate of drug-likeness (QED) is 0.632. The van der Waals surface area contributed by atoms with Gasteiger partial charge >= 0.3 is 5.97 Å². The predicted molar refractivity (Wildman–Crippen MR) is 62.2 cm³/mol. The number of anilines is 1. The Morgan fingerprint density at radius 1 is 1.53 bits per heavy atom. The summed E-state index contributed by atoms with van der Waals surface area (Å²) in [6.07, 6.45) is -0.398. The van der Waals surface area contributed by atoms with Crippen molar-refractivity contribution in [2.45, 2.75) is 20.0 Å². The van der Waals surface area contributed by atoms with Crippen molar-refractivity contribution < 1.29 is 18.7 Å². The van der Waals surface area contributed by atoms with Crippen molar-refractivity contribution in [3.05, 3.63) is 29.6 Å². The maximum atomic E-state index is 13.1. The van der Waals surface area contributed by atoms with E-state index in [0.29, 0.717) is 13.2 Å². The second-order valence-electron chi connectivity index (χ2n) is 3.58. The molecule has 0 radical (unpaired) electrons. The van der Waals surface area contributed by atoms with Crippen LogP contribution in [0.25, 0.3) is 0 Å². The van der Waals surface area contributed by atoms with Gasteiger partial charge in [-0.2, -0.15) is 0 Å². The molecule has 17 heavy (non-hydrogen) atoms. The number of hydrogen-bond acceptors (Lipinski definition) is 4. The molecule has 1 atom stereocenters. The minimum Gasteiger partial charge on any atom is -0.457 e. The summed E-state index contributed by atoms with van der Waals surface area (Å²) in [5.74, 6) is -1.27. The van der Waals surface area contributed by atoms with Gasteiger partial charge in [-0.05, 0) is 26.0 Å². The van der Waals surface area contributed by atoms with Crippen molar-refractivity contribution in [2.24, 2.45) is 0 Å². The molecule has 0 fully saturated rings. The van der Waals surface area contributed by atoms with E-state index in [2.05, 4.69) is 0 Å². The smallest absolute Gasteiger partial charge is 0.340 e. The molecule has 1 rings (SSSR count). The first-order valence-electron chi connectivity index (χ1n) is 5.39. The Bertz CT molecular complexity index is 395. The third-order valence-electron chi connectivity index (χ3n) is 2.14. The van der Waals surface area contributed by atoms with Gasteiger partial charge in [0, 0.05) is 6.61 Å². The predicted octanol–water partition coefficient (Wildman–Crippen LogP) is 1.99. The zero-order valence-electron chi connectivity index (χ0n) is 9.90. The molecule has 94 valence electrons. The zero-order valence-corrected chi connectivity index (χ0v) is 9.90. The molecule has 1 aromatic carbocycles. The molecule has 0 saturated heterocycles. The normalized spacial score (nSPS) is 12.2. The molecule has 0 aliphatic carbocycles. The van der Waals surface area contributed by atoms with E-state index < -0.39 is 17.9 Å². The van der Waals surface area contributed by atoms with Gasteiger partial charge in [-0.1, -0.05) is 6.07 Å². The van der Waals surface area contributed by atoms with Crippen LogP contribution in [0.15, 0.2) is 18.2 Å². The van der Waals surface area contributed by atoms with Crippen LogP contribution in [0.5, 0.6) is 0 Å². The summed E-state index contributed by atoms with van der Waals surface area (Å²) in [6, 6.07) is 4.03. The lowest BCUT2D eigenvalue weighted by Gasteiger charge is -2.13. The lowest BCUT2D eigenvalue weighted by Crippen LogP contribution is -2.21. The fourth-order valence-electron chi connectivity index (χ4n) is 1.28. The fraction of sp³-hybridized carbons (Fsp3) is 0.417. The van der Waals surface area contributed by atoms with Crippen molar-refractivity contribution >= 4 is 11.7 Å². The number of carbonyl (C=O) groups is 1. The fourth-order valence-corrected chi connectivity index (χ4v) is 1.28. The third kappa shape index (κ3) is 3.71. The van der Waals surface area contributed by atoms with Gasteiger partial charge in [0.1, 0.15) is 11.9 Å². The maximum Gasteiger partial charge on any atom is 0.340 e. The van der Waals surface area contributed by atoms with E-state index in [-0.39, 0.29) is 11.3 Å². The molecule has 2 N–H and O–H groups in total. The summed E-state index contributed by atoms with van der Waals surface area (Å²) in [4.78, 5) is 11.7. The summed E-state index contributed by atoms with van der Waals surface area (Å²) in [5.41, 5.74) is 5.29. The number of halogens is 1. The summed E-state index contributed by atoms with van der Waals surface area (Å²) in [7, 11) is 0. The molecule has 1 aromatic rings. The minimum absolute atomic E-state index is 0.0355. The highest BCUT2D eigenvalue weighted by Crippen LogP contribution is 2.17. The summed E-state index contributed by atoms with van der Waals surface area (Å²) < 4.78 is 23.3. The lowest BCUT2D eigenvalue weighted by atomic mass is 10.2. The maximum absolute atomic E-state index is 13.1. The Morgan fingerprint density at radius 3 is 2.88 bits per heavy atom. The van der Waals surface area contributed by atoms with Crippen LogP contribution in [0.2, 0.25) is 0 Å². The highest BCUT2D eigenvalue weighted by atomic mass is 19.1. The monoisotopic (exact) mass is 241 g/mol. The number of esters is 1. The van der Waals surface area contributed by atoms with Crippen LogP contribution >= 0.6 is 0 Å². The largest absolute Gasteiger partial charge is 0.457 e. The number of ether oxygens (including phenoxy) is 2. The average Bonchev–Trinajstić information content (AvgIpc) is 2.29. The molecule has 0 aliphatic heterocycles. The summed E-state index contributed by atoms with van der Waals surface area (Å²) >= 11 is 0. The van der Waals surface area contributed by atoms with Crippen molar-refractivity contribution in [2.75, 3.05) is 18.9 Å². The van der Waals surface area contributed by atoms with E-state index in [1.54, 1.807) is 6.92 Å². The number of carbonyl (C=O) groups excluding carboxylic acids is 1. The first-order chi connectivity index (χ1) is 8.06. The molecule has 4 nitrogen and oxygen atoms in total. The average molecular weight is 241 g/mol. The van der Waals surface area contributed by atoms with E-state index in [0.717, 1.165) is 0 Å². The summed E-state index contributed by atoms with van der Waals surface area (Å²) in [5, 5.41) is 0. The summed E-state index contributed by atoms with van der Waals surface area (Å²) in [6.45, 7) is 4.39. The second-order valence-corrected chi connectivity index (χ2v) is 3.58. The first kappa shape index (κ1) is 13.4. The van der Waals surface area contributed by atoms with Gasteiger partial charge < -0.3 is 15.2 Å². The van der Waals surface area contributed by atoms with Gasteiger partial charge in [0.05, 0.1) is 17.9 Å². The van der Waals surface area contributed by atoms with E-state index in [4.69, 9.17) is 15.2 Å². The van der Waals surface area contributed by atoms with E-state index in [9.17, 15) is 9.18 Å². The number of rotatable bonds is 5. The topological polar surface area (TPSA) is 61.5 Å². The second kappa shape index (κ2) is 6.20. The number of hydrogen-bond donors (Lipinski definition) is 1. The zero-order chi connectivity index (χ0) is 12.8. The molecule has 0 spiro atoms. The molecule has 0 bridgehead atoms. The van der Waals surface area contributed by atoms with Gasteiger partial charge in [0.15, 0.2) is 0 Å². The Kier molecular flexibility index (Phi) is 4.90. The van der Waals surface area contributed by atoms with E-state index >= 15 is 0 Å². The van der Waals surface area contributed by atoms with Crippen molar-refractivity contribution in [3.8, 4) is 0 Å². The number of nitrogen functional groups attached to an aromatic ring is 1. The molecule has 0 aromatic heterocycles. The van der Waals surface area contributed by atoms with Gasteiger partial charge in [-0.3, -0.25) is 0 Å². The SMILES string of the molecule is CCOCC(C)OC(=O)c1cccc(F)c1N. The molecule has 0 heterocycles. The van der Waals surface area contributed by atoms with Gasteiger partial charge in [0.25, 0.3) is 0 Å². The Balaban J connectivity index is 2.67. The van der Waals surface area contributed by atoms with E-state index in [1.165, 1.54) is 18.2 Å². The molecule has 0 aliphatic rings. The van der Waals surface area contributed by atoms with Crippen molar-refractivity contribution in [1.82, 2.24) is 0 Å². The molecular weight excluding hydrogens is 225 g/mol. The van der Waals surface area contributed by atoms with Crippen molar-refractivity contribution in [3.63, 3.8) is 0 Å². The standard InChI is InChI=1S/C12H16FNO3/c1-3-16-7-8(2)17-12(15)9-5-4-6-10(13)11(9)14/h4-6,8H,3,7,14H2,1-2H3. The van der Waals surface area contributed by atoms with E-state index in [1.807, 2.05) is 6.92 Å². The molecular formula is C12H16FNO3. The van der Waals surface area contributed by atoms with Crippen molar-refractivity contribution in [1.29, 1.82) is 0 Å². The van der Waals surface area contributed by atoms with Crippen LogP contribution in [0, 0.1) is 5.82 Å². The Labute approximate surface area is 99.5 Å². The highest BCUT2D eigenvalue weighted by Gasteiger charge is 2.16. The van der Waals surface area contributed by atoms with Gasteiger partial charge in [-0.25, -0.2) is 9.18 Å². The van der Waals surface area contributed by atoms with Crippen LogP contribution < -0.4 is 5.73 Å². The molecule has 0 saturated carbocycles. The minimum atomic E-state index is -0.644. The first-order valence-corrected chi connectivity index (χ1v) is 5.39. The molecule has 5 heteroatoms. The number of para-hydroxylation sites is 1. The van der Waals surface area contributed by atoms with Crippen LogP contribution in [0.4, 0.5) is 10.1 Å². The molecule has 0 amide bonds. The Hall–Kier alpha value is -1.62. The number of nitrogens with two attached hydrogens (primary N) is 1. The van der Waals surface area contributed by atoms with Gasteiger partial charge in [0.2, 0.25) is 0 Å². The number of benzene rings is 1. The Morgan fingerprint density at radius 2 is 2.24 bits per heavy atom. The van der Waals surface area contributed by atoms with Crippen LogP contribution in [-0.4, -0.2) is 25.3 Å².